The summed E-state index contributed by atoms with van der Waals surface area (Å²) in [5.74, 6) is 0.790. The second-order valence-corrected chi connectivity index (χ2v) is 7.67. The van der Waals surface area contributed by atoms with Crippen LogP contribution in [-0.2, 0) is 13.0 Å². The molecule has 0 aliphatic carbocycles. The number of aliphatic hydroxyl groups excluding tert-OH is 1. The van der Waals surface area contributed by atoms with Crippen molar-refractivity contribution in [1.29, 1.82) is 0 Å². The van der Waals surface area contributed by atoms with Crippen molar-refractivity contribution in [1.82, 2.24) is 15.5 Å². The Morgan fingerprint density at radius 3 is 2.70 bits per heavy atom. The maximum Gasteiger partial charge on any atom is 0.315 e. The Kier molecular flexibility index (Phi) is 7.33. The molecule has 1 unspecified atom stereocenters. The summed E-state index contributed by atoms with van der Waals surface area (Å²) < 4.78 is 0. The summed E-state index contributed by atoms with van der Waals surface area (Å²) in [6.45, 7) is 7.96. The predicted molar refractivity (Wildman–Crippen MR) is 94.8 cm³/mol. The van der Waals surface area contributed by atoms with Crippen LogP contribution in [0.5, 0.6) is 0 Å². The van der Waals surface area contributed by atoms with Gasteiger partial charge in [0.1, 0.15) is 0 Å². The second-order valence-electron chi connectivity index (χ2n) is 6.42. The number of rotatable bonds is 7. The molecule has 1 aliphatic heterocycles. The van der Waals surface area contributed by atoms with Crippen molar-refractivity contribution >= 4 is 17.4 Å². The van der Waals surface area contributed by atoms with Crippen molar-refractivity contribution in [2.75, 3.05) is 26.2 Å². The van der Waals surface area contributed by atoms with Crippen LogP contribution in [0.1, 0.15) is 36.4 Å². The van der Waals surface area contributed by atoms with E-state index in [-0.39, 0.29) is 6.03 Å². The lowest BCUT2D eigenvalue weighted by molar-refractivity contribution is 0.0920. The molecule has 23 heavy (non-hydrogen) atoms. The minimum Gasteiger partial charge on any atom is -0.390 e. The number of thiophene rings is 1. The molecule has 3 N–H and O–H groups in total. The zero-order chi connectivity index (χ0) is 16.7. The van der Waals surface area contributed by atoms with Gasteiger partial charge >= 0.3 is 6.03 Å². The Morgan fingerprint density at radius 2 is 2.04 bits per heavy atom. The van der Waals surface area contributed by atoms with Crippen LogP contribution >= 0.6 is 11.3 Å². The molecule has 1 aromatic rings. The molecular weight excluding hydrogens is 310 g/mol. The third-order valence-corrected chi connectivity index (χ3v) is 5.56. The van der Waals surface area contributed by atoms with Crippen LogP contribution in [0.4, 0.5) is 4.79 Å². The van der Waals surface area contributed by atoms with Gasteiger partial charge < -0.3 is 20.6 Å². The molecule has 0 aromatic carbocycles. The highest BCUT2D eigenvalue weighted by Gasteiger charge is 2.18. The minimum absolute atomic E-state index is 0.220. The first-order valence-corrected chi connectivity index (χ1v) is 9.38. The lowest BCUT2D eigenvalue weighted by Gasteiger charge is -2.31. The first-order valence-electron chi connectivity index (χ1n) is 8.56. The monoisotopic (exact) mass is 339 g/mol. The van der Waals surface area contributed by atoms with E-state index in [1.165, 1.54) is 17.7 Å². The van der Waals surface area contributed by atoms with E-state index in [4.69, 9.17) is 0 Å². The molecule has 5 nitrogen and oxygen atoms in total. The molecule has 1 aliphatic rings. The Bertz CT molecular complexity index is 484. The van der Waals surface area contributed by atoms with E-state index in [9.17, 15) is 9.90 Å². The molecule has 1 aromatic heterocycles. The van der Waals surface area contributed by atoms with E-state index in [1.807, 2.05) is 0 Å². The highest BCUT2D eigenvalue weighted by atomic mass is 32.1. The number of nitrogens with zero attached hydrogens (tertiary/aromatic N) is 1. The van der Waals surface area contributed by atoms with Crippen molar-refractivity contribution < 1.29 is 9.90 Å². The van der Waals surface area contributed by atoms with Crippen LogP contribution in [0.25, 0.3) is 0 Å². The molecule has 0 bridgehead atoms. The van der Waals surface area contributed by atoms with Gasteiger partial charge in [0.2, 0.25) is 0 Å². The van der Waals surface area contributed by atoms with Crippen LogP contribution in [0.2, 0.25) is 0 Å². The summed E-state index contributed by atoms with van der Waals surface area (Å²) in [6, 6.07) is 3.93. The molecule has 130 valence electrons. The Balaban J connectivity index is 1.59. The number of carbonyl (C=O) groups is 1. The molecule has 2 rings (SSSR count). The SMILES string of the molecule is CCc1ccc(CNC(=O)NCC(O)CN2CCC(C)CC2)s1. The maximum atomic E-state index is 11.8. The fourth-order valence-electron chi connectivity index (χ4n) is 2.75. The lowest BCUT2D eigenvalue weighted by atomic mass is 9.99. The summed E-state index contributed by atoms with van der Waals surface area (Å²) in [4.78, 5) is 16.6. The van der Waals surface area contributed by atoms with Gasteiger partial charge in [-0.3, -0.25) is 0 Å². The highest BCUT2D eigenvalue weighted by molar-refractivity contribution is 7.11. The first-order chi connectivity index (χ1) is 11.1. The molecule has 2 heterocycles. The molecular formula is C17H29N3O2S. The van der Waals surface area contributed by atoms with Crippen LogP contribution in [0.3, 0.4) is 0 Å². The molecule has 1 fully saturated rings. The average molecular weight is 340 g/mol. The van der Waals surface area contributed by atoms with E-state index in [2.05, 4.69) is 41.5 Å². The lowest BCUT2D eigenvalue weighted by Crippen LogP contribution is -2.45. The Hall–Kier alpha value is -1.11. The maximum absolute atomic E-state index is 11.8. The van der Waals surface area contributed by atoms with Gasteiger partial charge in [-0.2, -0.15) is 0 Å². The number of nitrogens with one attached hydrogen (secondary N) is 2. The first kappa shape index (κ1) is 18.2. The number of piperidine rings is 1. The van der Waals surface area contributed by atoms with Gasteiger partial charge in [0.15, 0.2) is 0 Å². The van der Waals surface area contributed by atoms with Gasteiger partial charge in [0.25, 0.3) is 0 Å². The molecule has 2 amide bonds. The number of β-amino-alcohol motifs (C(OH)–C–C–N with tert-alkyl or cyclic N) is 1. The normalized spacial score (nSPS) is 17.9. The van der Waals surface area contributed by atoms with E-state index in [0.717, 1.165) is 30.3 Å². The van der Waals surface area contributed by atoms with Crippen molar-refractivity contribution in [2.24, 2.45) is 5.92 Å². The summed E-state index contributed by atoms with van der Waals surface area (Å²) in [5.41, 5.74) is 0. The number of hydrogen-bond acceptors (Lipinski definition) is 4. The van der Waals surface area contributed by atoms with Crippen LogP contribution < -0.4 is 10.6 Å². The van der Waals surface area contributed by atoms with Crippen LogP contribution in [-0.4, -0.2) is 48.3 Å². The molecule has 1 saturated heterocycles. The van der Waals surface area contributed by atoms with Crippen molar-refractivity contribution in [3.63, 3.8) is 0 Å². The Morgan fingerprint density at radius 1 is 1.35 bits per heavy atom. The molecule has 0 spiro atoms. The van der Waals surface area contributed by atoms with Gasteiger partial charge in [-0.15, -0.1) is 11.3 Å². The summed E-state index contributed by atoms with van der Waals surface area (Å²) in [5, 5.41) is 15.6. The average Bonchev–Trinajstić information content (AvgIpc) is 3.01. The number of aliphatic hydroxyl groups is 1. The summed E-state index contributed by atoms with van der Waals surface area (Å²) in [6.07, 6.45) is 2.91. The topological polar surface area (TPSA) is 64.6 Å². The standard InChI is InChI=1S/C17H29N3O2S/c1-3-15-4-5-16(23-15)11-19-17(22)18-10-14(21)12-20-8-6-13(2)7-9-20/h4-5,13-14,21H,3,6-12H2,1-2H3,(H2,18,19,22). The van der Waals surface area contributed by atoms with Crippen molar-refractivity contribution in [2.45, 2.75) is 45.8 Å². The van der Waals surface area contributed by atoms with E-state index in [0.29, 0.717) is 19.6 Å². The van der Waals surface area contributed by atoms with E-state index in [1.54, 1.807) is 11.3 Å². The largest absolute Gasteiger partial charge is 0.390 e. The van der Waals surface area contributed by atoms with Crippen molar-refractivity contribution in [3.05, 3.63) is 21.9 Å². The van der Waals surface area contributed by atoms with Gasteiger partial charge in [-0.1, -0.05) is 13.8 Å². The zero-order valence-electron chi connectivity index (χ0n) is 14.2. The van der Waals surface area contributed by atoms with Crippen molar-refractivity contribution in [3.8, 4) is 0 Å². The smallest absolute Gasteiger partial charge is 0.315 e. The summed E-state index contributed by atoms with van der Waals surface area (Å²) in [7, 11) is 0. The predicted octanol–water partition coefficient (Wildman–Crippen LogP) is 2.20. The number of amides is 2. The fraction of sp³-hybridized carbons (Fsp3) is 0.706. The van der Waals surface area contributed by atoms with Gasteiger partial charge in [-0.05, 0) is 50.4 Å². The van der Waals surface area contributed by atoms with Crippen LogP contribution in [0, 0.1) is 5.92 Å². The minimum atomic E-state index is -0.511. The Labute approximate surface area is 143 Å². The van der Waals surface area contributed by atoms with E-state index >= 15 is 0 Å². The number of likely N-dealkylation sites (tertiary alicyclic amines) is 1. The van der Waals surface area contributed by atoms with Gasteiger partial charge in [0.05, 0.1) is 12.6 Å². The second kappa shape index (κ2) is 9.25. The quantitative estimate of drug-likeness (QED) is 0.713. The number of urea groups is 1. The fourth-order valence-corrected chi connectivity index (χ4v) is 3.65. The van der Waals surface area contributed by atoms with Crippen LogP contribution in [0.15, 0.2) is 12.1 Å². The zero-order valence-corrected chi connectivity index (χ0v) is 15.0. The number of hydrogen-bond donors (Lipinski definition) is 3. The third-order valence-electron chi connectivity index (χ3n) is 4.33. The molecule has 0 saturated carbocycles. The number of aryl methyl sites for hydroxylation is 1. The van der Waals surface area contributed by atoms with Gasteiger partial charge in [-0.25, -0.2) is 4.79 Å². The van der Waals surface area contributed by atoms with Gasteiger partial charge in [0, 0.05) is 22.8 Å². The molecule has 0 radical (unpaired) electrons. The molecule has 6 heteroatoms. The number of carbonyl (C=O) groups excluding carboxylic acids is 1. The third kappa shape index (κ3) is 6.49. The summed E-state index contributed by atoms with van der Waals surface area (Å²) >= 11 is 1.72. The van der Waals surface area contributed by atoms with E-state index < -0.39 is 6.10 Å². The highest BCUT2D eigenvalue weighted by Crippen LogP contribution is 2.17. The molecule has 1 atom stereocenters.